The number of aryl methyl sites for hydroxylation is 1. The summed E-state index contributed by atoms with van der Waals surface area (Å²) in [6.07, 6.45) is 2.23. The van der Waals surface area contributed by atoms with Crippen molar-refractivity contribution in [3.8, 4) is 11.4 Å². The van der Waals surface area contributed by atoms with E-state index < -0.39 is 0 Å². The molecule has 1 N–H and O–H groups in total. The molecule has 0 fully saturated rings. The molecule has 0 aliphatic carbocycles. The number of anilines is 1. The van der Waals surface area contributed by atoms with Crippen molar-refractivity contribution in [3.05, 3.63) is 59.7 Å². The fraction of sp³-hybridized carbons (Fsp3) is 0.333. The molecule has 31 heavy (non-hydrogen) atoms. The minimum Gasteiger partial charge on any atom is -0.326 e. The molecule has 7 heteroatoms. The fourth-order valence-electron chi connectivity index (χ4n) is 3.22. The molecule has 3 aromatic rings. The highest BCUT2D eigenvalue weighted by atomic mass is 32.2. The molecule has 1 heterocycles. The van der Waals surface area contributed by atoms with E-state index >= 15 is 0 Å². The summed E-state index contributed by atoms with van der Waals surface area (Å²) in [5, 5.41) is 12.3. The van der Waals surface area contributed by atoms with Crippen molar-refractivity contribution >= 4 is 29.1 Å². The molecule has 3 rings (SSSR count). The van der Waals surface area contributed by atoms with Gasteiger partial charge in [0.1, 0.15) is 0 Å². The Labute approximate surface area is 187 Å². The van der Waals surface area contributed by atoms with Crippen molar-refractivity contribution < 1.29 is 9.59 Å². The summed E-state index contributed by atoms with van der Waals surface area (Å²) in [7, 11) is 0. The summed E-state index contributed by atoms with van der Waals surface area (Å²) in [6, 6.07) is 15.2. The van der Waals surface area contributed by atoms with Crippen LogP contribution in [0.5, 0.6) is 0 Å². The third kappa shape index (κ3) is 6.04. The van der Waals surface area contributed by atoms with Gasteiger partial charge in [-0.05, 0) is 50.1 Å². The van der Waals surface area contributed by atoms with Gasteiger partial charge in [-0.1, -0.05) is 49.4 Å². The van der Waals surface area contributed by atoms with E-state index in [1.54, 1.807) is 24.3 Å². The number of nitrogens with zero attached hydrogens (tertiary/aromatic N) is 3. The third-order valence-corrected chi connectivity index (χ3v) is 5.71. The topological polar surface area (TPSA) is 76.9 Å². The van der Waals surface area contributed by atoms with Gasteiger partial charge in [0.2, 0.25) is 5.91 Å². The Morgan fingerprint density at radius 1 is 1.03 bits per heavy atom. The number of carbonyl (C=O) groups is 2. The second-order valence-electron chi connectivity index (χ2n) is 7.41. The quantitative estimate of drug-likeness (QED) is 0.341. The van der Waals surface area contributed by atoms with Crippen molar-refractivity contribution in [1.29, 1.82) is 0 Å². The van der Waals surface area contributed by atoms with Gasteiger partial charge in [-0.2, -0.15) is 0 Å². The Hall–Kier alpha value is -2.93. The van der Waals surface area contributed by atoms with E-state index in [0.717, 1.165) is 35.9 Å². The van der Waals surface area contributed by atoms with Crippen molar-refractivity contribution in [1.82, 2.24) is 14.8 Å². The minimum absolute atomic E-state index is 0.0135. The Balaban J connectivity index is 1.68. The third-order valence-electron chi connectivity index (χ3n) is 4.74. The number of carbonyl (C=O) groups excluding carboxylic acids is 2. The van der Waals surface area contributed by atoms with Gasteiger partial charge in [0.05, 0.1) is 5.75 Å². The van der Waals surface area contributed by atoms with Crippen LogP contribution in [-0.4, -0.2) is 32.2 Å². The van der Waals surface area contributed by atoms with Gasteiger partial charge in [-0.3, -0.25) is 9.59 Å². The minimum atomic E-state index is -0.0168. The van der Waals surface area contributed by atoms with Crippen LogP contribution in [0.25, 0.3) is 11.4 Å². The number of Topliss-reactive ketones (excluding diaryl/α,β-unsaturated/α-hetero) is 1. The summed E-state index contributed by atoms with van der Waals surface area (Å²) in [5.41, 5.74) is 3.51. The van der Waals surface area contributed by atoms with Crippen LogP contribution < -0.4 is 5.32 Å². The lowest BCUT2D eigenvalue weighted by atomic mass is 10.1. The highest BCUT2D eigenvalue weighted by Crippen LogP contribution is 2.26. The molecule has 0 aliphatic rings. The van der Waals surface area contributed by atoms with Gasteiger partial charge in [-0.25, -0.2) is 0 Å². The fourth-order valence-corrected chi connectivity index (χ4v) is 4.08. The standard InChI is InChI=1S/C24H28N4O2S/c1-4-7-22(30)25-20-12-10-18(11-13-20)21(29)16-31-24-27-26-23(28(24)14-5-2)19-9-6-8-17(3)15-19/h6,8-13,15H,4-5,7,14,16H2,1-3H3,(H,25,30). The first-order valence-corrected chi connectivity index (χ1v) is 11.6. The van der Waals surface area contributed by atoms with Crippen molar-refractivity contribution in [2.24, 2.45) is 0 Å². The molecule has 0 unspecified atom stereocenters. The van der Waals surface area contributed by atoms with Crippen LogP contribution in [0.15, 0.2) is 53.7 Å². The summed E-state index contributed by atoms with van der Waals surface area (Å²) < 4.78 is 2.08. The molecule has 0 atom stereocenters. The summed E-state index contributed by atoms with van der Waals surface area (Å²) in [5.74, 6) is 1.10. The van der Waals surface area contributed by atoms with Gasteiger partial charge in [0.25, 0.3) is 0 Å². The highest BCUT2D eigenvalue weighted by molar-refractivity contribution is 7.99. The normalized spacial score (nSPS) is 10.8. The second kappa shape index (κ2) is 10.9. The molecule has 0 saturated carbocycles. The number of hydrogen-bond donors (Lipinski definition) is 1. The van der Waals surface area contributed by atoms with Gasteiger partial charge in [0.15, 0.2) is 16.8 Å². The number of ketones is 1. The van der Waals surface area contributed by atoms with E-state index in [0.29, 0.717) is 17.7 Å². The van der Waals surface area contributed by atoms with Crippen molar-refractivity contribution in [2.45, 2.75) is 51.7 Å². The van der Waals surface area contributed by atoms with Crippen LogP contribution in [0.3, 0.4) is 0 Å². The Kier molecular flexibility index (Phi) is 8.00. The highest BCUT2D eigenvalue weighted by Gasteiger charge is 2.16. The molecule has 6 nitrogen and oxygen atoms in total. The number of thioether (sulfide) groups is 1. The maximum atomic E-state index is 12.7. The molecule has 0 radical (unpaired) electrons. The lowest BCUT2D eigenvalue weighted by Crippen LogP contribution is -2.11. The van der Waals surface area contributed by atoms with Gasteiger partial charge >= 0.3 is 0 Å². The Morgan fingerprint density at radius 3 is 2.48 bits per heavy atom. The molecule has 0 saturated heterocycles. The largest absolute Gasteiger partial charge is 0.326 e. The molecule has 0 spiro atoms. The zero-order valence-corrected chi connectivity index (χ0v) is 19.0. The maximum absolute atomic E-state index is 12.7. The number of aromatic nitrogens is 3. The zero-order chi connectivity index (χ0) is 22.2. The average molecular weight is 437 g/mol. The molecular weight excluding hydrogens is 408 g/mol. The first-order chi connectivity index (χ1) is 15.0. The summed E-state index contributed by atoms with van der Waals surface area (Å²) >= 11 is 1.40. The van der Waals surface area contributed by atoms with E-state index in [4.69, 9.17) is 0 Å². The van der Waals surface area contributed by atoms with Crippen LogP contribution in [-0.2, 0) is 11.3 Å². The van der Waals surface area contributed by atoms with Crippen molar-refractivity contribution in [2.75, 3.05) is 11.1 Å². The molecule has 0 aliphatic heterocycles. The van der Waals surface area contributed by atoms with E-state index in [2.05, 4.69) is 46.1 Å². The summed E-state index contributed by atoms with van der Waals surface area (Å²) in [6.45, 7) is 6.92. The van der Waals surface area contributed by atoms with Crippen LogP contribution in [0.4, 0.5) is 5.69 Å². The Bertz CT molecular complexity index is 1040. The predicted molar refractivity (Wildman–Crippen MR) is 126 cm³/mol. The number of benzene rings is 2. The molecule has 1 amide bonds. The first-order valence-electron chi connectivity index (χ1n) is 10.6. The summed E-state index contributed by atoms with van der Waals surface area (Å²) in [4.78, 5) is 24.4. The van der Waals surface area contributed by atoms with E-state index in [1.165, 1.54) is 17.3 Å². The Morgan fingerprint density at radius 2 is 1.81 bits per heavy atom. The van der Waals surface area contributed by atoms with Gasteiger partial charge in [-0.15, -0.1) is 10.2 Å². The second-order valence-corrected chi connectivity index (χ2v) is 8.36. The zero-order valence-electron chi connectivity index (χ0n) is 18.2. The number of rotatable bonds is 10. The van der Waals surface area contributed by atoms with Crippen LogP contribution in [0, 0.1) is 6.92 Å². The smallest absolute Gasteiger partial charge is 0.224 e. The SMILES string of the molecule is CCCC(=O)Nc1ccc(C(=O)CSc2nnc(-c3cccc(C)c3)n2CCC)cc1. The number of nitrogens with one attached hydrogen (secondary N) is 1. The predicted octanol–water partition coefficient (Wildman–Crippen LogP) is 5.38. The first kappa shape index (κ1) is 22.7. The monoisotopic (exact) mass is 436 g/mol. The molecule has 0 bridgehead atoms. The van der Waals surface area contributed by atoms with Crippen molar-refractivity contribution in [3.63, 3.8) is 0 Å². The number of amides is 1. The van der Waals surface area contributed by atoms with Gasteiger partial charge < -0.3 is 9.88 Å². The maximum Gasteiger partial charge on any atom is 0.224 e. The average Bonchev–Trinajstić information content (AvgIpc) is 3.15. The lowest BCUT2D eigenvalue weighted by Gasteiger charge is -2.09. The van der Waals surface area contributed by atoms with E-state index in [9.17, 15) is 9.59 Å². The van der Waals surface area contributed by atoms with E-state index in [1.807, 2.05) is 19.1 Å². The van der Waals surface area contributed by atoms with Crippen LogP contribution in [0.2, 0.25) is 0 Å². The van der Waals surface area contributed by atoms with Crippen LogP contribution in [0.1, 0.15) is 49.0 Å². The van der Waals surface area contributed by atoms with Gasteiger partial charge in [0, 0.05) is 29.8 Å². The van der Waals surface area contributed by atoms with E-state index in [-0.39, 0.29) is 17.4 Å². The molecular formula is C24H28N4O2S. The molecule has 162 valence electrons. The molecule has 2 aromatic carbocycles. The lowest BCUT2D eigenvalue weighted by molar-refractivity contribution is -0.116. The molecule has 1 aromatic heterocycles. The number of hydrogen-bond acceptors (Lipinski definition) is 5. The van der Waals surface area contributed by atoms with Crippen LogP contribution >= 0.6 is 11.8 Å².